The summed E-state index contributed by atoms with van der Waals surface area (Å²) in [4.78, 5) is 23.6. The van der Waals surface area contributed by atoms with Gasteiger partial charge in [-0.1, -0.05) is 18.2 Å². The first-order chi connectivity index (χ1) is 12.0. The Hall–Kier alpha value is -3.35. The van der Waals surface area contributed by atoms with Crippen LogP contribution < -0.4 is 20.2 Å². The molecule has 0 fully saturated rings. The van der Waals surface area contributed by atoms with E-state index in [0.717, 1.165) is 5.56 Å². The molecule has 2 amide bonds. The number of carbonyl (C=O) groups excluding carboxylic acids is 2. The van der Waals surface area contributed by atoms with Crippen molar-refractivity contribution in [3.63, 3.8) is 0 Å². The van der Waals surface area contributed by atoms with Gasteiger partial charge in [-0.25, -0.2) is 5.43 Å². The second-order valence-corrected chi connectivity index (χ2v) is 5.08. The van der Waals surface area contributed by atoms with Gasteiger partial charge in [-0.15, -0.1) is 0 Å². The summed E-state index contributed by atoms with van der Waals surface area (Å²) in [5.74, 6) is -0.532. The van der Waals surface area contributed by atoms with Crippen LogP contribution in [0.5, 0.6) is 11.5 Å². The molecule has 0 aliphatic carbocycles. The summed E-state index contributed by atoms with van der Waals surface area (Å²) in [5, 5.41) is 6.31. The molecule has 7 nitrogen and oxygen atoms in total. The largest absolute Gasteiger partial charge is 0.493 e. The van der Waals surface area contributed by atoms with Gasteiger partial charge in [0.15, 0.2) is 11.5 Å². The van der Waals surface area contributed by atoms with Gasteiger partial charge in [-0.05, 0) is 42.3 Å². The number of methoxy groups -OCH3 is 2. The molecule has 0 heterocycles. The van der Waals surface area contributed by atoms with Gasteiger partial charge in [-0.3, -0.25) is 9.59 Å². The number of para-hydroxylation sites is 1. The van der Waals surface area contributed by atoms with Crippen molar-refractivity contribution >= 4 is 23.7 Å². The van der Waals surface area contributed by atoms with E-state index in [1.54, 1.807) is 37.4 Å². The molecule has 2 N–H and O–H groups in total. The number of hydrogen-bond acceptors (Lipinski definition) is 5. The molecule has 0 spiro atoms. The van der Waals surface area contributed by atoms with Crippen LogP contribution in [0.2, 0.25) is 0 Å². The molecule has 0 atom stereocenters. The van der Waals surface area contributed by atoms with E-state index in [2.05, 4.69) is 15.8 Å². The number of benzene rings is 2. The van der Waals surface area contributed by atoms with Crippen LogP contribution in [-0.2, 0) is 9.59 Å². The molecule has 0 unspecified atom stereocenters. The lowest BCUT2D eigenvalue weighted by molar-refractivity contribution is -0.136. The van der Waals surface area contributed by atoms with Crippen molar-refractivity contribution < 1.29 is 19.1 Å². The minimum atomic E-state index is -0.861. The Labute approximate surface area is 145 Å². The van der Waals surface area contributed by atoms with Crippen LogP contribution in [0.25, 0.3) is 0 Å². The summed E-state index contributed by atoms with van der Waals surface area (Å²) in [6.07, 6.45) is 1.40. The molecule has 2 rings (SSSR count). The number of amides is 2. The maximum absolute atomic E-state index is 11.9. The van der Waals surface area contributed by atoms with Gasteiger partial charge in [-0.2, -0.15) is 5.10 Å². The molecule has 7 heteroatoms. The number of nitrogens with zero attached hydrogens (tertiary/aromatic N) is 1. The summed E-state index contributed by atoms with van der Waals surface area (Å²) >= 11 is 0. The lowest BCUT2D eigenvalue weighted by Crippen LogP contribution is -2.32. The van der Waals surface area contributed by atoms with Crippen molar-refractivity contribution in [3.05, 3.63) is 53.6 Å². The second-order valence-electron chi connectivity index (χ2n) is 5.08. The Morgan fingerprint density at radius 1 is 1.00 bits per heavy atom. The third-order valence-electron chi connectivity index (χ3n) is 3.39. The summed E-state index contributed by atoms with van der Waals surface area (Å²) in [5.41, 5.74) is 4.30. The molecule has 0 bridgehead atoms. The molecule has 0 aliphatic heterocycles. The zero-order valence-corrected chi connectivity index (χ0v) is 14.2. The number of aryl methyl sites for hydroxylation is 1. The Morgan fingerprint density at radius 3 is 2.40 bits per heavy atom. The monoisotopic (exact) mass is 341 g/mol. The van der Waals surface area contributed by atoms with Crippen molar-refractivity contribution in [2.75, 3.05) is 19.5 Å². The molecule has 0 aliphatic rings. The minimum absolute atomic E-state index is 0.537. The molecular formula is C18H19N3O4. The molecule has 0 saturated carbocycles. The topological polar surface area (TPSA) is 89.0 Å². The van der Waals surface area contributed by atoms with Gasteiger partial charge < -0.3 is 14.8 Å². The van der Waals surface area contributed by atoms with Gasteiger partial charge in [0.05, 0.1) is 20.4 Å². The van der Waals surface area contributed by atoms with E-state index >= 15 is 0 Å². The molecule has 2 aromatic rings. The first-order valence-corrected chi connectivity index (χ1v) is 7.47. The highest BCUT2D eigenvalue weighted by Crippen LogP contribution is 2.26. The SMILES string of the molecule is COc1ccc(/C=N/NC(=O)C(=O)Nc2ccccc2C)cc1OC. The molecule has 130 valence electrons. The van der Waals surface area contributed by atoms with Crippen molar-refractivity contribution in [1.29, 1.82) is 0 Å². The van der Waals surface area contributed by atoms with Gasteiger partial charge >= 0.3 is 11.8 Å². The average Bonchev–Trinajstić information content (AvgIpc) is 2.63. The predicted molar refractivity (Wildman–Crippen MR) is 95.1 cm³/mol. The zero-order chi connectivity index (χ0) is 18.2. The van der Waals surface area contributed by atoms with E-state index in [9.17, 15) is 9.59 Å². The first kappa shape index (κ1) is 18.0. The van der Waals surface area contributed by atoms with Crippen LogP contribution in [0.3, 0.4) is 0 Å². The summed E-state index contributed by atoms with van der Waals surface area (Å²) in [6.45, 7) is 1.84. The number of ether oxygens (including phenoxy) is 2. The lowest BCUT2D eigenvalue weighted by atomic mass is 10.2. The standard InChI is InChI=1S/C18H19N3O4/c1-12-6-4-5-7-14(12)20-17(22)18(23)21-19-11-13-8-9-15(24-2)16(10-13)25-3/h4-11H,1-3H3,(H,20,22)(H,21,23)/b19-11+. The van der Waals surface area contributed by atoms with Crippen LogP contribution in [0.4, 0.5) is 5.69 Å². The quantitative estimate of drug-likeness (QED) is 0.495. The highest BCUT2D eigenvalue weighted by atomic mass is 16.5. The predicted octanol–water partition coefficient (Wildman–Crippen LogP) is 2.10. The Balaban J connectivity index is 1.96. The average molecular weight is 341 g/mol. The highest BCUT2D eigenvalue weighted by Gasteiger charge is 2.13. The summed E-state index contributed by atoms with van der Waals surface area (Å²) in [6, 6.07) is 12.3. The van der Waals surface area contributed by atoms with E-state index in [4.69, 9.17) is 9.47 Å². The number of hydrazone groups is 1. The Morgan fingerprint density at radius 2 is 1.72 bits per heavy atom. The fourth-order valence-electron chi connectivity index (χ4n) is 2.04. The maximum atomic E-state index is 11.9. The number of nitrogens with one attached hydrogen (secondary N) is 2. The van der Waals surface area contributed by atoms with Crippen LogP contribution in [0, 0.1) is 6.92 Å². The van der Waals surface area contributed by atoms with Crippen LogP contribution in [0.1, 0.15) is 11.1 Å². The zero-order valence-electron chi connectivity index (χ0n) is 14.2. The van der Waals surface area contributed by atoms with Gasteiger partial charge in [0.25, 0.3) is 0 Å². The molecular weight excluding hydrogens is 322 g/mol. The third kappa shape index (κ3) is 4.81. The number of hydrogen-bond donors (Lipinski definition) is 2. The highest BCUT2D eigenvalue weighted by molar-refractivity contribution is 6.39. The van der Waals surface area contributed by atoms with E-state index < -0.39 is 11.8 Å². The van der Waals surface area contributed by atoms with E-state index in [-0.39, 0.29) is 0 Å². The second kappa shape index (κ2) is 8.49. The molecule has 0 aromatic heterocycles. The van der Waals surface area contributed by atoms with E-state index in [1.165, 1.54) is 13.3 Å². The Bertz CT molecular complexity index is 803. The summed E-state index contributed by atoms with van der Waals surface area (Å²) < 4.78 is 10.3. The van der Waals surface area contributed by atoms with E-state index in [1.807, 2.05) is 19.1 Å². The summed E-state index contributed by atoms with van der Waals surface area (Å²) in [7, 11) is 3.06. The van der Waals surface area contributed by atoms with Crippen molar-refractivity contribution in [2.24, 2.45) is 5.10 Å². The first-order valence-electron chi connectivity index (χ1n) is 7.47. The molecule has 0 saturated heterocycles. The fraction of sp³-hybridized carbons (Fsp3) is 0.167. The minimum Gasteiger partial charge on any atom is -0.493 e. The molecule has 25 heavy (non-hydrogen) atoms. The fourth-order valence-corrected chi connectivity index (χ4v) is 2.04. The normalized spacial score (nSPS) is 10.4. The van der Waals surface area contributed by atoms with Crippen LogP contribution in [-0.4, -0.2) is 32.2 Å². The van der Waals surface area contributed by atoms with Crippen LogP contribution >= 0.6 is 0 Å². The lowest BCUT2D eigenvalue weighted by Gasteiger charge is -2.07. The van der Waals surface area contributed by atoms with E-state index in [0.29, 0.717) is 22.7 Å². The van der Waals surface area contributed by atoms with Crippen molar-refractivity contribution in [3.8, 4) is 11.5 Å². The van der Waals surface area contributed by atoms with Gasteiger partial charge in [0, 0.05) is 5.69 Å². The van der Waals surface area contributed by atoms with Gasteiger partial charge in [0.1, 0.15) is 0 Å². The smallest absolute Gasteiger partial charge is 0.329 e. The molecule has 2 aromatic carbocycles. The molecule has 0 radical (unpaired) electrons. The number of carbonyl (C=O) groups is 2. The number of rotatable bonds is 5. The van der Waals surface area contributed by atoms with Crippen molar-refractivity contribution in [1.82, 2.24) is 5.43 Å². The van der Waals surface area contributed by atoms with Crippen LogP contribution in [0.15, 0.2) is 47.6 Å². The van der Waals surface area contributed by atoms with Crippen molar-refractivity contribution in [2.45, 2.75) is 6.92 Å². The Kier molecular flexibility index (Phi) is 6.11. The third-order valence-corrected chi connectivity index (χ3v) is 3.39. The van der Waals surface area contributed by atoms with Gasteiger partial charge in [0.2, 0.25) is 0 Å². The maximum Gasteiger partial charge on any atom is 0.329 e. The number of anilines is 1.